The molecule has 4 rings (SSSR count). The van der Waals surface area contributed by atoms with Gasteiger partial charge in [0.15, 0.2) is 11.6 Å². The van der Waals surface area contributed by atoms with Crippen LogP contribution in [0.2, 0.25) is 0 Å². The minimum atomic E-state index is 0.378. The summed E-state index contributed by atoms with van der Waals surface area (Å²) in [6.45, 7) is 5.75. The molecule has 1 N–H and O–H groups in total. The first-order chi connectivity index (χ1) is 10.7. The minimum absolute atomic E-state index is 0.378. The Morgan fingerprint density at radius 2 is 2.14 bits per heavy atom. The van der Waals surface area contributed by atoms with Crippen molar-refractivity contribution in [2.45, 2.75) is 70.5 Å². The van der Waals surface area contributed by atoms with Crippen molar-refractivity contribution >= 4 is 0 Å². The van der Waals surface area contributed by atoms with Gasteiger partial charge in [0.2, 0.25) is 5.89 Å². The van der Waals surface area contributed by atoms with E-state index >= 15 is 0 Å². The van der Waals surface area contributed by atoms with Crippen LogP contribution < -0.4 is 5.32 Å². The van der Waals surface area contributed by atoms with Crippen molar-refractivity contribution < 1.29 is 4.52 Å². The summed E-state index contributed by atoms with van der Waals surface area (Å²) in [5.74, 6) is 4.54. The Hall–Kier alpha value is -1.76. The number of aromatic nitrogens is 5. The summed E-state index contributed by atoms with van der Waals surface area (Å²) in [5, 5.41) is 12.2. The van der Waals surface area contributed by atoms with Gasteiger partial charge in [-0.3, -0.25) is 0 Å². The van der Waals surface area contributed by atoms with Gasteiger partial charge in [-0.2, -0.15) is 10.1 Å². The molecule has 118 valence electrons. The second kappa shape index (κ2) is 5.46. The lowest BCUT2D eigenvalue weighted by atomic mass is 10.1. The largest absolute Gasteiger partial charge is 0.338 e. The molecule has 22 heavy (non-hydrogen) atoms. The van der Waals surface area contributed by atoms with Crippen LogP contribution in [0.25, 0.3) is 0 Å². The van der Waals surface area contributed by atoms with E-state index in [1.807, 2.05) is 4.68 Å². The van der Waals surface area contributed by atoms with Gasteiger partial charge >= 0.3 is 0 Å². The molecule has 0 bridgehead atoms. The number of rotatable bonds is 5. The monoisotopic (exact) mass is 302 g/mol. The van der Waals surface area contributed by atoms with Crippen LogP contribution in [0, 0.1) is 0 Å². The maximum Gasteiger partial charge on any atom is 0.240 e. The van der Waals surface area contributed by atoms with Crippen LogP contribution in [0.3, 0.4) is 0 Å². The molecule has 0 amide bonds. The number of aryl methyl sites for hydroxylation is 1. The van der Waals surface area contributed by atoms with Gasteiger partial charge < -0.3 is 9.84 Å². The van der Waals surface area contributed by atoms with E-state index in [0.717, 1.165) is 36.9 Å². The summed E-state index contributed by atoms with van der Waals surface area (Å²) in [4.78, 5) is 9.07. The second-order valence-corrected chi connectivity index (χ2v) is 6.66. The molecule has 3 heterocycles. The number of nitrogens with one attached hydrogen (secondary N) is 1. The van der Waals surface area contributed by atoms with Crippen molar-refractivity contribution in [3.05, 3.63) is 23.4 Å². The molecular weight excluding hydrogens is 280 g/mol. The van der Waals surface area contributed by atoms with Gasteiger partial charge in [-0.05, 0) is 19.3 Å². The number of hydrogen-bond donors (Lipinski definition) is 1. The molecule has 1 fully saturated rings. The van der Waals surface area contributed by atoms with Crippen molar-refractivity contribution in [1.82, 2.24) is 30.2 Å². The fourth-order valence-electron chi connectivity index (χ4n) is 2.82. The fraction of sp³-hybridized carbons (Fsp3) is 0.733. The standard InChI is InChI=1S/C15H22N6O/c1-9(2)14-17-12-6-5-11(8-21(12)19-14)16-7-13-18-15(20-22-13)10-3-4-10/h9-11,16H,3-8H2,1-2H3/t11-/m0/s1. The van der Waals surface area contributed by atoms with Gasteiger partial charge in [-0.1, -0.05) is 19.0 Å². The van der Waals surface area contributed by atoms with Crippen LogP contribution in [-0.2, 0) is 19.5 Å². The molecule has 7 heteroatoms. The van der Waals surface area contributed by atoms with Crippen molar-refractivity contribution in [3.8, 4) is 0 Å². The molecule has 1 saturated carbocycles. The van der Waals surface area contributed by atoms with Gasteiger partial charge in [0.25, 0.3) is 0 Å². The molecule has 2 aromatic heterocycles. The van der Waals surface area contributed by atoms with Crippen molar-refractivity contribution in [1.29, 1.82) is 0 Å². The van der Waals surface area contributed by atoms with E-state index in [-0.39, 0.29) is 0 Å². The first kappa shape index (κ1) is 13.9. The topological polar surface area (TPSA) is 81.7 Å². The second-order valence-electron chi connectivity index (χ2n) is 6.66. The lowest BCUT2D eigenvalue weighted by Crippen LogP contribution is -2.37. The Bertz CT molecular complexity index is 657. The Morgan fingerprint density at radius 1 is 1.27 bits per heavy atom. The average molecular weight is 302 g/mol. The molecule has 2 aliphatic rings. The Balaban J connectivity index is 1.35. The summed E-state index contributed by atoms with van der Waals surface area (Å²) in [5.41, 5.74) is 0. The van der Waals surface area contributed by atoms with E-state index in [2.05, 4.69) is 39.4 Å². The summed E-state index contributed by atoms with van der Waals surface area (Å²) >= 11 is 0. The van der Waals surface area contributed by atoms with E-state index in [1.165, 1.54) is 12.8 Å². The van der Waals surface area contributed by atoms with Gasteiger partial charge in [0, 0.05) is 24.3 Å². The maximum absolute atomic E-state index is 5.30. The van der Waals surface area contributed by atoms with Gasteiger partial charge in [0.1, 0.15) is 5.82 Å². The molecule has 0 aromatic carbocycles. The van der Waals surface area contributed by atoms with E-state index in [0.29, 0.717) is 30.3 Å². The summed E-state index contributed by atoms with van der Waals surface area (Å²) in [6.07, 6.45) is 4.43. The van der Waals surface area contributed by atoms with E-state index < -0.39 is 0 Å². The molecule has 7 nitrogen and oxygen atoms in total. The van der Waals surface area contributed by atoms with Crippen LogP contribution in [0.1, 0.15) is 68.3 Å². The van der Waals surface area contributed by atoms with Crippen molar-refractivity contribution in [2.24, 2.45) is 0 Å². The summed E-state index contributed by atoms with van der Waals surface area (Å²) in [7, 11) is 0. The Labute approximate surface area is 129 Å². The molecule has 0 radical (unpaired) electrons. The summed E-state index contributed by atoms with van der Waals surface area (Å²) in [6, 6.07) is 0.380. The quantitative estimate of drug-likeness (QED) is 0.906. The highest BCUT2D eigenvalue weighted by Gasteiger charge is 2.29. The highest BCUT2D eigenvalue weighted by molar-refractivity contribution is 5.04. The molecule has 1 aliphatic heterocycles. The lowest BCUT2D eigenvalue weighted by Gasteiger charge is -2.22. The molecular formula is C15H22N6O. The number of nitrogens with zero attached hydrogens (tertiary/aromatic N) is 5. The molecule has 0 spiro atoms. The van der Waals surface area contributed by atoms with Crippen molar-refractivity contribution in [2.75, 3.05) is 0 Å². The zero-order valence-electron chi connectivity index (χ0n) is 13.1. The fourth-order valence-corrected chi connectivity index (χ4v) is 2.82. The predicted molar refractivity (Wildman–Crippen MR) is 79.3 cm³/mol. The Morgan fingerprint density at radius 3 is 2.91 bits per heavy atom. The first-order valence-electron chi connectivity index (χ1n) is 8.18. The highest BCUT2D eigenvalue weighted by atomic mass is 16.5. The smallest absolute Gasteiger partial charge is 0.240 e. The number of fused-ring (bicyclic) bond motifs is 1. The maximum atomic E-state index is 5.30. The number of hydrogen-bond acceptors (Lipinski definition) is 6. The Kier molecular flexibility index (Phi) is 3.44. The highest BCUT2D eigenvalue weighted by Crippen LogP contribution is 2.38. The van der Waals surface area contributed by atoms with Crippen LogP contribution in [0.5, 0.6) is 0 Å². The third-order valence-corrected chi connectivity index (χ3v) is 4.36. The minimum Gasteiger partial charge on any atom is -0.338 e. The van der Waals surface area contributed by atoms with Crippen LogP contribution >= 0.6 is 0 Å². The van der Waals surface area contributed by atoms with E-state index in [4.69, 9.17) is 4.52 Å². The lowest BCUT2D eigenvalue weighted by molar-refractivity contribution is 0.319. The van der Waals surface area contributed by atoms with Gasteiger partial charge in [-0.25, -0.2) is 9.67 Å². The summed E-state index contributed by atoms with van der Waals surface area (Å²) < 4.78 is 7.35. The third-order valence-electron chi connectivity index (χ3n) is 4.36. The zero-order valence-corrected chi connectivity index (χ0v) is 13.1. The van der Waals surface area contributed by atoms with Gasteiger partial charge in [0.05, 0.1) is 13.1 Å². The van der Waals surface area contributed by atoms with Crippen LogP contribution in [0.15, 0.2) is 4.52 Å². The molecule has 0 unspecified atom stereocenters. The molecule has 0 saturated heterocycles. The molecule has 2 aromatic rings. The SMILES string of the molecule is CC(C)c1nc2n(n1)C[C@@H](NCc1nc(C3CC3)no1)CC2. The average Bonchev–Trinajstić information content (AvgIpc) is 3.10. The zero-order chi connectivity index (χ0) is 15.1. The first-order valence-corrected chi connectivity index (χ1v) is 8.18. The van der Waals surface area contributed by atoms with Crippen molar-refractivity contribution in [3.63, 3.8) is 0 Å². The molecule has 1 atom stereocenters. The third kappa shape index (κ3) is 2.77. The van der Waals surface area contributed by atoms with Crippen LogP contribution in [-0.4, -0.2) is 30.9 Å². The normalized spacial score (nSPS) is 21.3. The van der Waals surface area contributed by atoms with E-state index in [1.54, 1.807) is 0 Å². The van der Waals surface area contributed by atoms with Crippen LogP contribution in [0.4, 0.5) is 0 Å². The van der Waals surface area contributed by atoms with E-state index in [9.17, 15) is 0 Å². The molecule has 1 aliphatic carbocycles. The predicted octanol–water partition coefficient (Wildman–Crippen LogP) is 1.77. The van der Waals surface area contributed by atoms with Gasteiger partial charge in [-0.15, -0.1) is 0 Å².